The second-order valence-electron chi connectivity index (χ2n) is 4.42. The number of ketones is 1. The van der Waals surface area contributed by atoms with E-state index >= 15 is 0 Å². The largest absolute Gasteiger partial charge is 0.349 e. The van der Waals surface area contributed by atoms with E-state index in [1.807, 2.05) is 30.8 Å². The molecule has 0 saturated heterocycles. The van der Waals surface area contributed by atoms with Crippen molar-refractivity contribution < 1.29 is 9.18 Å². The number of hydrogen-bond donors (Lipinski definition) is 0. The van der Waals surface area contributed by atoms with Crippen LogP contribution in [0.25, 0.3) is 0 Å². The normalized spacial score (nSPS) is 10.6. The Hall–Kier alpha value is -1.90. The predicted molar refractivity (Wildman–Crippen MR) is 69.3 cm³/mol. The topological polar surface area (TPSA) is 22.0 Å². The zero-order valence-corrected chi connectivity index (χ0v) is 10.6. The Balaban J connectivity index is 2.21. The molecule has 1 aromatic heterocycles. The fraction of sp³-hybridized carbons (Fsp3) is 0.267. The number of hydrogen-bond acceptors (Lipinski definition) is 1. The maximum atomic E-state index is 13.2. The van der Waals surface area contributed by atoms with Gasteiger partial charge in [0, 0.05) is 30.9 Å². The Morgan fingerprint density at radius 3 is 2.83 bits per heavy atom. The molecule has 1 aromatic carbocycles. The van der Waals surface area contributed by atoms with Crippen LogP contribution in [0, 0.1) is 12.7 Å². The summed E-state index contributed by atoms with van der Waals surface area (Å²) in [6.07, 6.45) is 4.17. The van der Waals surface area contributed by atoms with Gasteiger partial charge in [-0.1, -0.05) is 13.0 Å². The third-order valence-electron chi connectivity index (χ3n) is 3.06. The second kappa shape index (κ2) is 5.17. The molecule has 0 unspecified atom stereocenters. The summed E-state index contributed by atoms with van der Waals surface area (Å²) < 4.78 is 15.1. The SMILES string of the molecule is CCC(=O)c1ccn(Cc2cc(F)ccc2C)c1. The predicted octanol–water partition coefficient (Wildman–Crippen LogP) is 3.58. The first kappa shape index (κ1) is 12.6. The molecule has 0 aliphatic rings. The van der Waals surface area contributed by atoms with Gasteiger partial charge in [-0.05, 0) is 36.2 Å². The maximum absolute atomic E-state index is 13.2. The molecule has 0 bridgehead atoms. The molecule has 2 aromatic rings. The van der Waals surface area contributed by atoms with Crippen LogP contribution in [-0.2, 0) is 6.54 Å². The molecule has 2 nitrogen and oxygen atoms in total. The van der Waals surface area contributed by atoms with E-state index in [2.05, 4.69) is 0 Å². The lowest BCUT2D eigenvalue weighted by atomic mass is 10.1. The molecule has 2 rings (SSSR count). The summed E-state index contributed by atoms with van der Waals surface area (Å²) in [5.41, 5.74) is 2.70. The highest BCUT2D eigenvalue weighted by Crippen LogP contribution is 2.13. The van der Waals surface area contributed by atoms with Crippen molar-refractivity contribution in [2.45, 2.75) is 26.8 Å². The number of nitrogens with zero attached hydrogens (tertiary/aromatic N) is 1. The van der Waals surface area contributed by atoms with E-state index < -0.39 is 0 Å². The lowest BCUT2D eigenvalue weighted by Gasteiger charge is -2.07. The Kier molecular flexibility index (Phi) is 3.60. The summed E-state index contributed by atoms with van der Waals surface area (Å²) in [7, 11) is 0. The molecule has 0 aliphatic heterocycles. The number of Topliss-reactive ketones (excluding diaryl/α,β-unsaturated/α-hetero) is 1. The molecule has 0 amide bonds. The smallest absolute Gasteiger partial charge is 0.164 e. The average Bonchev–Trinajstić information content (AvgIpc) is 2.81. The van der Waals surface area contributed by atoms with Crippen LogP contribution < -0.4 is 0 Å². The summed E-state index contributed by atoms with van der Waals surface area (Å²) >= 11 is 0. The quantitative estimate of drug-likeness (QED) is 0.755. The highest BCUT2D eigenvalue weighted by molar-refractivity contribution is 5.95. The minimum atomic E-state index is -0.229. The Morgan fingerprint density at radius 1 is 1.33 bits per heavy atom. The molecule has 0 atom stereocenters. The molecule has 94 valence electrons. The van der Waals surface area contributed by atoms with Crippen LogP contribution in [0.2, 0.25) is 0 Å². The number of rotatable bonds is 4. The molecule has 0 N–H and O–H groups in total. The van der Waals surface area contributed by atoms with Crippen LogP contribution in [0.5, 0.6) is 0 Å². The van der Waals surface area contributed by atoms with Gasteiger partial charge in [-0.2, -0.15) is 0 Å². The van der Waals surface area contributed by atoms with E-state index in [0.29, 0.717) is 18.5 Å². The minimum Gasteiger partial charge on any atom is -0.349 e. The Bertz CT molecular complexity index is 572. The first-order valence-electron chi connectivity index (χ1n) is 6.04. The van der Waals surface area contributed by atoms with E-state index in [-0.39, 0.29) is 11.6 Å². The van der Waals surface area contributed by atoms with Crippen LogP contribution in [0.1, 0.15) is 34.8 Å². The van der Waals surface area contributed by atoms with Crippen molar-refractivity contribution in [3.05, 3.63) is 59.2 Å². The zero-order valence-electron chi connectivity index (χ0n) is 10.6. The molecule has 18 heavy (non-hydrogen) atoms. The van der Waals surface area contributed by atoms with Crippen molar-refractivity contribution in [3.63, 3.8) is 0 Å². The number of aryl methyl sites for hydroxylation is 1. The molecule has 1 heterocycles. The standard InChI is InChI=1S/C15H16FNO/c1-3-15(18)12-6-7-17(9-12)10-13-8-14(16)5-4-11(13)2/h4-9H,3,10H2,1-2H3. The molecule has 3 heteroatoms. The summed E-state index contributed by atoms with van der Waals surface area (Å²) in [4.78, 5) is 11.5. The van der Waals surface area contributed by atoms with Gasteiger partial charge in [0.15, 0.2) is 5.78 Å². The van der Waals surface area contributed by atoms with Crippen molar-refractivity contribution in [1.82, 2.24) is 4.57 Å². The zero-order chi connectivity index (χ0) is 13.1. The first-order chi connectivity index (χ1) is 8.60. The molecule has 0 fully saturated rings. The van der Waals surface area contributed by atoms with Crippen LogP contribution in [-0.4, -0.2) is 10.4 Å². The third-order valence-corrected chi connectivity index (χ3v) is 3.06. The highest BCUT2D eigenvalue weighted by Gasteiger charge is 2.06. The molecule has 0 aliphatic carbocycles. The lowest BCUT2D eigenvalue weighted by Crippen LogP contribution is -2.00. The van der Waals surface area contributed by atoms with Gasteiger partial charge < -0.3 is 4.57 Å². The van der Waals surface area contributed by atoms with Crippen LogP contribution >= 0.6 is 0 Å². The summed E-state index contributed by atoms with van der Waals surface area (Å²) in [5.74, 6) is -0.0997. The lowest BCUT2D eigenvalue weighted by molar-refractivity contribution is 0.0988. The number of carbonyl (C=O) groups excluding carboxylic acids is 1. The number of benzene rings is 1. The fourth-order valence-electron chi connectivity index (χ4n) is 1.92. The molecule has 0 radical (unpaired) electrons. The van der Waals surface area contributed by atoms with Gasteiger partial charge in [0.25, 0.3) is 0 Å². The summed E-state index contributed by atoms with van der Waals surface area (Å²) in [5, 5.41) is 0. The molecular weight excluding hydrogens is 229 g/mol. The van der Waals surface area contributed by atoms with Crippen molar-refractivity contribution in [2.24, 2.45) is 0 Å². The molecule has 0 saturated carbocycles. The number of aromatic nitrogens is 1. The van der Waals surface area contributed by atoms with Gasteiger partial charge in [0.05, 0.1) is 0 Å². The van der Waals surface area contributed by atoms with E-state index in [1.54, 1.807) is 12.1 Å². The average molecular weight is 245 g/mol. The van der Waals surface area contributed by atoms with E-state index in [0.717, 1.165) is 11.1 Å². The minimum absolute atomic E-state index is 0.129. The van der Waals surface area contributed by atoms with Crippen molar-refractivity contribution in [1.29, 1.82) is 0 Å². The Morgan fingerprint density at radius 2 is 2.11 bits per heavy atom. The van der Waals surface area contributed by atoms with Gasteiger partial charge in [-0.15, -0.1) is 0 Å². The van der Waals surface area contributed by atoms with Crippen LogP contribution in [0.15, 0.2) is 36.7 Å². The highest BCUT2D eigenvalue weighted by atomic mass is 19.1. The van der Waals surface area contributed by atoms with Gasteiger partial charge in [-0.25, -0.2) is 4.39 Å². The Labute approximate surface area is 106 Å². The van der Waals surface area contributed by atoms with E-state index in [4.69, 9.17) is 0 Å². The number of carbonyl (C=O) groups is 1. The molecule has 0 spiro atoms. The van der Waals surface area contributed by atoms with Gasteiger partial charge in [-0.3, -0.25) is 4.79 Å². The van der Waals surface area contributed by atoms with Gasteiger partial charge in [0.2, 0.25) is 0 Å². The number of halogens is 1. The first-order valence-corrected chi connectivity index (χ1v) is 6.04. The maximum Gasteiger partial charge on any atom is 0.164 e. The summed E-state index contributed by atoms with van der Waals surface area (Å²) in [6.45, 7) is 4.38. The molecular formula is C15H16FNO. The van der Waals surface area contributed by atoms with Gasteiger partial charge >= 0.3 is 0 Å². The van der Waals surface area contributed by atoms with Crippen LogP contribution in [0.3, 0.4) is 0 Å². The summed E-state index contributed by atoms with van der Waals surface area (Å²) in [6, 6.07) is 6.57. The van der Waals surface area contributed by atoms with E-state index in [9.17, 15) is 9.18 Å². The van der Waals surface area contributed by atoms with Crippen LogP contribution in [0.4, 0.5) is 4.39 Å². The third kappa shape index (κ3) is 2.67. The monoisotopic (exact) mass is 245 g/mol. The van der Waals surface area contributed by atoms with Crippen molar-refractivity contribution in [2.75, 3.05) is 0 Å². The fourth-order valence-corrected chi connectivity index (χ4v) is 1.92. The van der Waals surface area contributed by atoms with Gasteiger partial charge in [0.1, 0.15) is 5.82 Å². The van der Waals surface area contributed by atoms with E-state index in [1.165, 1.54) is 12.1 Å². The van der Waals surface area contributed by atoms with Crippen molar-refractivity contribution >= 4 is 5.78 Å². The second-order valence-corrected chi connectivity index (χ2v) is 4.42. The van der Waals surface area contributed by atoms with Crippen molar-refractivity contribution in [3.8, 4) is 0 Å².